The van der Waals surface area contributed by atoms with E-state index >= 15 is 0 Å². The van der Waals surface area contributed by atoms with Gasteiger partial charge < -0.3 is 5.32 Å². The first-order chi connectivity index (χ1) is 8.43. The van der Waals surface area contributed by atoms with Crippen molar-refractivity contribution in [2.75, 3.05) is 19.6 Å². The molecule has 3 atom stereocenters. The van der Waals surface area contributed by atoms with Gasteiger partial charge in [-0.1, -0.05) is 34.6 Å². The number of hydrogen-bond acceptors (Lipinski definition) is 2. The summed E-state index contributed by atoms with van der Waals surface area (Å²) >= 11 is 0. The van der Waals surface area contributed by atoms with Crippen molar-refractivity contribution < 1.29 is 0 Å². The summed E-state index contributed by atoms with van der Waals surface area (Å²) in [6, 6.07) is 1.52. The van der Waals surface area contributed by atoms with Crippen molar-refractivity contribution >= 4 is 0 Å². The zero-order chi connectivity index (χ0) is 13.7. The Morgan fingerprint density at radius 2 is 1.72 bits per heavy atom. The molecule has 1 N–H and O–H groups in total. The predicted molar refractivity (Wildman–Crippen MR) is 80.9 cm³/mol. The summed E-state index contributed by atoms with van der Waals surface area (Å²) in [6.45, 7) is 17.7. The average Bonchev–Trinajstić information content (AvgIpc) is 2.76. The van der Waals surface area contributed by atoms with Crippen LogP contribution in [0.2, 0.25) is 0 Å². The molecule has 0 aromatic carbocycles. The van der Waals surface area contributed by atoms with Crippen LogP contribution in [0.1, 0.15) is 54.4 Å². The minimum absolute atomic E-state index is 0.708. The van der Waals surface area contributed by atoms with E-state index in [0.29, 0.717) is 6.04 Å². The maximum atomic E-state index is 3.61. The number of rotatable bonds is 7. The van der Waals surface area contributed by atoms with Crippen molar-refractivity contribution in [2.24, 2.45) is 17.8 Å². The summed E-state index contributed by atoms with van der Waals surface area (Å²) in [7, 11) is 0. The maximum Gasteiger partial charge on any atom is 0.0122 e. The third kappa shape index (κ3) is 4.55. The standard InChI is InChI=1S/C16H34N2/c1-12(2)10-17-11-14(5)15(6)18-9-7-8-16(18)13(3)4/h12-17H,7-11H2,1-6H3. The maximum absolute atomic E-state index is 3.61. The molecule has 2 heteroatoms. The number of likely N-dealkylation sites (tertiary alicyclic amines) is 1. The van der Waals surface area contributed by atoms with E-state index in [4.69, 9.17) is 0 Å². The van der Waals surface area contributed by atoms with Gasteiger partial charge in [-0.2, -0.15) is 0 Å². The third-order valence-electron chi connectivity index (χ3n) is 4.48. The second-order valence-electron chi connectivity index (χ2n) is 6.96. The lowest BCUT2D eigenvalue weighted by Gasteiger charge is -2.36. The van der Waals surface area contributed by atoms with Crippen molar-refractivity contribution in [1.82, 2.24) is 10.2 Å². The van der Waals surface area contributed by atoms with Crippen molar-refractivity contribution in [3.8, 4) is 0 Å². The molecule has 0 amide bonds. The van der Waals surface area contributed by atoms with Gasteiger partial charge in [0.15, 0.2) is 0 Å². The zero-order valence-electron chi connectivity index (χ0n) is 13.4. The molecule has 0 aromatic heterocycles. The first-order valence-electron chi connectivity index (χ1n) is 7.90. The second kappa shape index (κ2) is 7.49. The molecule has 1 rings (SSSR count). The van der Waals surface area contributed by atoms with E-state index < -0.39 is 0 Å². The quantitative estimate of drug-likeness (QED) is 0.749. The molecule has 1 heterocycles. The highest BCUT2D eigenvalue weighted by molar-refractivity contribution is 4.87. The van der Waals surface area contributed by atoms with Crippen LogP contribution in [0.25, 0.3) is 0 Å². The minimum atomic E-state index is 0.708. The molecule has 0 bridgehead atoms. The van der Waals surface area contributed by atoms with E-state index in [9.17, 15) is 0 Å². The Hall–Kier alpha value is -0.0800. The normalized spacial score (nSPS) is 25.0. The molecule has 1 fully saturated rings. The van der Waals surface area contributed by atoms with Gasteiger partial charge in [0.1, 0.15) is 0 Å². The topological polar surface area (TPSA) is 15.3 Å². The van der Waals surface area contributed by atoms with Crippen LogP contribution in [0.3, 0.4) is 0 Å². The predicted octanol–water partition coefficient (Wildman–Crippen LogP) is 3.38. The molecule has 1 saturated heterocycles. The van der Waals surface area contributed by atoms with Crippen LogP contribution in [0.4, 0.5) is 0 Å². The van der Waals surface area contributed by atoms with E-state index in [-0.39, 0.29) is 0 Å². The van der Waals surface area contributed by atoms with Gasteiger partial charge in [0.2, 0.25) is 0 Å². The largest absolute Gasteiger partial charge is 0.316 e. The summed E-state index contributed by atoms with van der Waals surface area (Å²) < 4.78 is 0. The Kier molecular flexibility index (Phi) is 6.65. The van der Waals surface area contributed by atoms with E-state index in [0.717, 1.165) is 36.9 Å². The lowest BCUT2D eigenvalue weighted by atomic mass is 9.96. The van der Waals surface area contributed by atoms with Gasteiger partial charge in [0.05, 0.1) is 0 Å². The smallest absolute Gasteiger partial charge is 0.0122 e. The van der Waals surface area contributed by atoms with Crippen molar-refractivity contribution in [3.05, 3.63) is 0 Å². The van der Waals surface area contributed by atoms with E-state index in [1.807, 2.05) is 0 Å². The molecule has 1 aliphatic heterocycles. The summed E-state index contributed by atoms with van der Waals surface area (Å²) in [5.41, 5.74) is 0. The van der Waals surface area contributed by atoms with Crippen LogP contribution < -0.4 is 5.32 Å². The summed E-state index contributed by atoms with van der Waals surface area (Å²) in [5, 5.41) is 3.61. The van der Waals surface area contributed by atoms with Crippen LogP contribution in [-0.4, -0.2) is 36.6 Å². The highest BCUT2D eigenvalue weighted by Gasteiger charge is 2.32. The first kappa shape index (κ1) is 16.0. The lowest BCUT2D eigenvalue weighted by molar-refractivity contribution is 0.118. The monoisotopic (exact) mass is 254 g/mol. The fourth-order valence-corrected chi connectivity index (χ4v) is 3.13. The summed E-state index contributed by atoms with van der Waals surface area (Å²) in [4.78, 5) is 2.76. The molecule has 0 spiro atoms. The van der Waals surface area contributed by atoms with Gasteiger partial charge in [0.25, 0.3) is 0 Å². The van der Waals surface area contributed by atoms with Crippen LogP contribution in [0, 0.1) is 17.8 Å². The molecule has 2 nitrogen and oxygen atoms in total. The van der Waals surface area contributed by atoms with Gasteiger partial charge in [-0.15, -0.1) is 0 Å². The molecule has 0 saturated carbocycles. The fourth-order valence-electron chi connectivity index (χ4n) is 3.13. The van der Waals surface area contributed by atoms with Gasteiger partial charge in [-0.05, 0) is 57.2 Å². The Labute approximate surface area is 115 Å². The average molecular weight is 254 g/mol. The molecule has 0 aromatic rings. The molecule has 18 heavy (non-hydrogen) atoms. The minimum Gasteiger partial charge on any atom is -0.316 e. The van der Waals surface area contributed by atoms with Gasteiger partial charge in [-0.25, -0.2) is 0 Å². The van der Waals surface area contributed by atoms with Crippen LogP contribution in [0.5, 0.6) is 0 Å². The first-order valence-corrected chi connectivity index (χ1v) is 7.90. The Morgan fingerprint density at radius 1 is 1.06 bits per heavy atom. The number of nitrogens with zero attached hydrogens (tertiary/aromatic N) is 1. The molecule has 3 unspecified atom stereocenters. The fraction of sp³-hybridized carbons (Fsp3) is 1.00. The number of nitrogens with one attached hydrogen (secondary N) is 1. The summed E-state index contributed by atoms with van der Waals surface area (Å²) in [5.74, 6) is 2.29. The third-order valence-corrected chi connectivity index (χ3v) is 4.48. The van der Waals surface area contributed by atoms with E-state index in [1.54, 1.807) is 0 Å². The van der Waals surface area contributed by atoms with Crippen molar-refractivity contribution in [2.45, 2.75) is 66.5 Å². The van der Waals surface area contributed by atoms with Gasteiger partial charge in [-0.3, -0.25) is 4.90 Å². The molecular weight excluding hydrogens is 220 g/mol. The Bertz CT molecular complexity index is 225. The van der Waals surface area contributed by atoms with Crippen molar-refractivity contribution in [1.29, 1.82) is 0 Å². The summed E-state index contributed by atoms with van der Waals surface area (Å²) in [6.07, 6.45) is 2.79. The van der Waals surface area contributed by atoms with Crippen molar-refractivity contribution in [3.63, 3.8) is 0 Å². The van der Waals surface area contributed by atoms with Crippen LogP contribution in [0.15, 0.2) is 0 Å². The van der Waals surface area contributed by atoms with Crippen LogP contribution >= 0.6 is 0 Å². The second-order valence-corrected chi connectivity index (χ2v) is 6.96. The van der Waals surface area contributed by atoms with Gasteiger partial charge in [0, 0.05) is 12.1 Å². The Morgan fingerprint density at radius 3 is 2.28 bits per heavy atom. The zero-order valence-corrected chi connectivity index (χ0v) is 13.4. The highest BCUT2D eigenvalue weighted by Crippen LogP contribution is 2.28. The van der Waals surface area contributed by atoms with E-state index in [1.165, 1.54) is 19.4 Å². The molecule has 108 valence electrons. The number of hydrogen-bond donors (Lipinski definition) is 1. The molecular formula is C16H34N2. The van der Waals surface area contributed by atoms with Crippen LogP contribution in [-0.2, 0) is 0 Å². The SMILES string of the molecule is CC(C)CNCC(C)C(C)N1CCCC1C(C)C. The van der Waals surface area contributed by atoms with Gasteiger partial charge >= 0.3 is 0 Å². The molecule has 0 radical (unpaired) electrons. The molecule has 0 aliphatic carbocycles. The lowest BCUT2D eigenvalue weighted by Crippen LogP contribution is -2.45. The highest BCUT2D eigenvalue weighted by atomic mass is 15.2. The molecule has 1 aliphatic rings. The Balaban J connectivity index is 2.39. The van der Waals surface area contributed by atoms with E-state index in [2.05, 4.69) is 51.8 Å².